The SMILES string of the molecule is CS(=O)(=O)NCCCCCCOc1ccc2[nH]cc(CCN)c2c1. The average molecular weight is 353 g/mol. The number of hydrogen-bond donors (Lipinski definition) is 3. The van der Waals surface area contributed by atoms with Crippen molar-refractivity contribution in [2.24, 2.45) is 5.73 Å². The predicted octanol–water partition coefficient (Wildman–Crippen LogP) is 2.16. The number of nitrogens with two attached hydrogens (primary N) is 1. The van der Waals surface area contributed by atoms with Gasteiger partial charge >= 0.3 is 0 Å². The van der Waals surface area contributed by atoms with Gasteiger partial charge in [0.1, 0.15) is 5.75 Å². The molecule has 0 aliphatic heterocycles. The van der Waals surface area contributed by atoms with Crippen LogP contribution in [0.25, 0.3) is 10.9 Å². The maximum atomic E-state index is 10.9. The van der Waals surface area contributed by atoms with E-state index in [0.717, 1.165) is 43.4 Å². The van der Waals surface area contributed by atoms with Crippen LogP contribution < -0.4 is 15.2 Å². The Balaban J connectivity index is 1.69. The lowest BCUT2D eigenvalue weighted by Gasteiger charge is -2.07. The highest BCUT2D eigenvalue weighted by Crippen LogP contribution is 2.24. The summed E-state index contributed by atoms with van der Waals surface area (Å²) in [5.74, 6) is 0.874. The lowest BCUT2D eigenvalue weighted by Crippen LogP contribution is -2.22. The van der Waals surface area contributed by atoms with Gasteiger partial charge in [-0.25, -0.2) is 13.1 Å². The minimum Gasteiger partial charge on any atom is -0.494 e. The van der Waals surface area contributed by atoms with Crippen molar-refractivity contribution < 1.29 is 13.2 Å². The number of nitrogens with one attached hydrogen (secondary N) is 2. The predicted molar refractivity (Wildman–Crippen MR) is 97.9 cm³/mol. The summed E-state index contributed by atoms with van der Waals surface area (Å²) in [5, 5.41) is 1.17. The number of aromatic amines is 1. The van der Waals surface area contributed by atoms with E-state index in [-0.39, 0.29) is 0 Å². The third-order valence-corrected chi connectivity index (χ3v) is 4.59. The molecular weight excluding hydrogens is 326 g/mol. The molecule has 2 rings (SSSR count). The Morgan fingerprint density at radius 2 is 2.00 bits per heavy atom. The second-order valence-electron chi connectivity index (χ2n) is 5.99. The number of ether oxygens (including phenoxy) is 1. The summed E-state index contributed by atoms with van der Waals surface area (Å²) in [4.78, 5) is 3.25. The van der Waals surface area contributed by atoms with E-state index in [1.54, 1.807) is 0 Å². The molecule has 0 aliphatic carbocycles. The fourth-order valence-electron chi connectivity index (χ4n) is 2.64. The maximum Gasteiger partial charge on any atom is 0.208 e. The minimum atomic E-state index is -3.06. The van der Waals surface area contributed by atoms with Crippen molar-refractivity contribution in [3.63, 3.8) is 0 Å². The van der Waals surface area contributed by atoms with Gasteiger partial charge in [-0.2, -0.15) is 0 Å². The Kier molecular flexibility index (Phi) is 7.08. The van der Waals surface area contributed by atoms with Crippen molar-refractivity contribution in [1.29, 1.82) is 0 Å². The molecule has 0 spiro atoms. The van der Waals surface area contributed by atoms with Crippen LogP contribution in [0, 0.1) is 0 Å². The van der Waals surface area contributed by atoms with Crippen LogP contribution in [0.2, 0.25) is 0 Å². The number of aromatic nitrogens is 1. The number of benzene rings is 1. The molecule has 0 unspecified atom stereocenters. The molecule has 0 aliphatic rings. The molecule has 6 nitrogen and oxygen atoms in total. The third-order valence-electron chi connectivity index (χ3n) is 3.86. The number of rotatable bonds is 11. The second-order valence-corrected chi connectivity index (χ2v) is 7.82. The molecule has 0 saturated heterocycles. The number of sulfonamides is 1. The van der Waals surface area contributed by atoms with Crippen molar-refractivity contribution >= 4 is 20.9 Å². The van der Waals surface area contributed by atoms with Gasteiger partial charge in [0.05, 0.1) is 12.9 Å². The van der Waals surface area contributed by atoms with Gasteiger partial charge in [-0.05, 0) is 49.6 Å². The van der Waals surface area contributed by atoms with Gasteiger partial charge in [0.15, 0.2) is 0 Å². The zero-order valence-corrected chi connectivity index (χ0v) is 15.0. The number of unbranched alkanes of at least 4 members (excludes halogenated alkanes) is 3. The highest BCUT2D eigenvalue weighted by Gasteiger charge is 2.05. The molecule has 0 atom stereocenters. The number of hydrogen-bond acceptors (Lipinski definition) is 4. The summed E-state index contributed by atoms with van der Waals surface area (Å²) in [6.45, 7) is 1.81. The van der Waals surface area contributed by atoms with Crippen LogP contribution in [0.5, 0.6) is 5.75 Å². The topological polar surface area (TPSA) is 97.2 Å². The molecule has 4 N–H and O–H groups in total. The van der Waals surface area contributed by atoms with E-state index >= 15 is 0 Å². The highest BCUT2D eigenvalue weighted by atomic mass is 32.2. The van der Waals surface area contributed by atoms with Crippen LogP contribution in [0.4, 0.5) is 0 Å². The van der Waals surface area contributed by atoms with E-state index in [4.69, 9.17) is 10.5 Å². The van der Waals surface area contributed by atoms with Crippen LogP contribution in [0.3, 0.4) is 0 Å². The molecular formula is C17H27N3O3S. The third kappa shape index (κ3) is 6.14. The smallest absolute Gasteiger partial charge is 0.208 e. The summed E-state index contributed by atoms with van der Waals surface area (Å²) >= 11 is 0. The summed E-state index contributed by atoms with van der Waals surface area (Å²) in [6, 6.07) is 6.06. The van der Waals surface area contributed by atoms with Gasteiger partial charge in [0, 0.05) is 23.6 Å². The first kappa shape index (κ1) is 18.8. The van der Waals surface area contributed by atoms with Gasteiger partial charge in [-0.1, -0.05) is 12.8 Å². The molecule has 1 aromatic heterocycles. The Bertz CT molecular complexity index is 741. The average Bonchev–Trinajstić information content (AvgIpc) is 2.92. The molecule has 0 saturated carbocycles. The zero-order valence-electron chi connectivity index (χ0n) is 14.2. The van der Waals surface area contributed by atoms with Crippen LogP contribution >= 0.6 is 0 Å². The Hall–Kier alpha value is -1.57. The summed E-state index contributed by atoms with van der Waals surface area (Å²) < 4.78 is 30.2. The van der Waals surface area contributed by atoms with Gasteiger partial charge in [0.2, 0.25) is 10.0 Å². The van der Waals surface area contributed by atoms with Gasteiger partial charge in [-0.15, -0.1) is 0 Å². The van der Waals surface area contributed by atoms with Crippen molar-refractivity contribution in [2.75, 3.05) is 26.0 Å². The van der Waals surface area contributed by atoms with E-state index in [0.29, 0.717) is 19.7 Å². The lowest BCUT2D eigenvalue weighted by atomic mass is 10.1. The first-order valence-electron chi connectivity index (χ1n) is 8.37. The van der Waals surface area contributed by atoms with Crippen LogP contribution in [0.1, 0.15) is 31.2 Å². The summed E-state index contributed by atoms with van der Waals surface area (Å²) in [5.41, 5.74) is 7.96. The first-order valence-corrected chi connectivity index (χ1v) is 10.3. The fraction of sp³-hybridized carbons (Fsp3) is 0.529. The monoisotopic (exact) mass is 353 g/mol. The number of fused-ring (bicyclic) bond motifs is 1. The Morgan fingerprint density at radius 1 is 1.21 bits per heavy atom. The minimum absolute atomic E-state index is 0.508. The normalized spacial score (nSPS) is 11.9. The quantitative estimate of drug-likeness (QED) is 0.539. The van der Waals surface area contributed by atoms with Crippen LogP contribution in [-0.2, 0) is 16.4 Å². The second kappa shape index (κ2) is 9.05. The highest BCUT2D eigenvalue weighted by molar-refractivity contribution is 7.88. The van der Waals surface area contributed by atoms with Crippen LogP contribution in [-0.4, -0.2) is 39.4 Å². The molecule has 0 bridgehead atoms. The van der Waals surface area contributed by atoms with E-state index in [1.165, 1.54) is 17.2 Å². The maximum absolute atomic E-state index is 10.9. The van der Waals surface area contributed by atoms with E-state index in [9.17, 15) is 8.42 Å². The fourth-order valence-corrected chi connectivity index (χ4v) is 3.15. The van der Waals surface area contributed by atoms with Gasteiger partial charge < -0.3 is 15.5 Å². The Morgan fingerprint density at radius 3 is 2.75 bits per heavy atom. The Labute approximate surface area is 143 Å². The molecule has 0 amide bonds. The van der Waals surface area contributed by atoms with E-state index in [1.807, 2.05) is 18.3 Å². The lowest BCUT2D eigenvalue weighted by molar-refractivity contribution is 0.305. The molecule has 0 fully saturated rings. The summed E-state index contributed by atoms with van der Waals surface area (Å²) in [6.07, 6.45) is 7.86. The molecule has 7 heteroatoms. The van der Waals surface area contributed by atoms with Crippen LogP contribution in [0.15, 0.2) is 24.4 Å². The van der Waals surface area contributed by atoms with Crippen molar-refractivity contribution in [1.82, 2.24) is 9.71 Å². The summed E-state index contributed by atoms with van der Waals surface area (Å²) in [7, 11) is -3.06. The zero-order chi connectivity index (χ0) is 17.4. The van der Waals surface area contributed by atoms with Crippen molar-refractivity contribution in [3.8, 4) is 5.75 Å². The van der Waals surface area contributed by atoms with Crippen molar-refractivity contribution in [3.05, 3.63) is 30.0 Å². The molecule has 1 aromatic carbocycles. The molecule has 1 heterocycles. The molecule has 2 aromatic rings. The largest absolute Gasteiger partial charge is 0.494 e. The molecule has 134 valence electrons. The van der Waals surface area contributed by atoms with Gasteiger partial charge in [0.25, 0.3) is 0 Å². The molecule has 24 heavy (non-hydrogen) atoms. The molecule has 0 radical (unpaired) electrons. The first-order chi connectivity index (χ1) is 11.5. The number of H-pyrrole nitrogens is 1. The van der Waals surface area contributed by atoms with Crippen molar-refractivity contribution in [2.45, 2.75) is 32.1 Å². The standard InChI is InChI=1S/C17H27N3O3S/c1-24(21,22)20-10-4-2-3-5-11-23-15-6-7-17-16(12-15)14(8-9-18)13-19-17/h6-7,12-13,19-20H,2-5,8-11,18H2,1H3. The van der Waals surface area contributed by atoms with E-state index < -0.39 is 10.0 Å². The van der Waals surface area contributed by atoms with E-state index in [2.05, 4.69) is 15.8 Å². The van der Waals surface area contributed by atoms with Gasteiger partial charge in [-0.3, -0.25) is 0 Å².